The number of hydrogen-bond donors (Lipinski definition) is 1. The molecule has 2 aromatic rings. The Morgan fingerprint density at radius 1 is 1.14 bits per heavy atom. The first kappa shape index (κ1) is 9.49. The molecule has 0 saturated heterocycles. The van der Waals surface area contributed by atoms with Gasteiger partial charge in [-0.15, -0.1) is 0 Å². The molecule has 0 aliphatic heterocycles. The molecule has 2 heterocycles. The van der Waals surface area contributed by atoms with E-state index >= 15 is 0 Å². The second-order valence-electron chi connectivity index (χ2n) is 3.42. The van der Waals surface area contributed by atoms with E-state index < -0.39 is 6.10 Å². The zero-order valence-electron chi connectivity index (χ0n) is 8.15. The van der Waals surface area contributed by atoms with Crippen molar-refractivity contribution in [2.45, 2.75) is 20.0 Å². The highest BCUT2D eigenvalue weighted by atomic mass is 32.1. The molecule has 0 bridgehead atoms. The summed E-state index contributed by atoms with van der Waals surface area (Å²) in [7, 11) is 0. The van der Waals surface area contributed by atoms with Crippen molar-refractivity contribution in [3.05, 3.63) is 45.5 Å². The summed E-state index contributed by atoms with van der Waals surface area (Å²) in [6.07, 6.45) is 2.71. The summed E-state index contributed by atoms with van der Waals surface area (Å²) >= 11 is 1.61. The van der Waals surface area contributed by atoms with Gasteiger partial charge in [0.25, 0.3) is 0 Å². The van der Waals surface area contributed by atoms with Crippen LogP contribution in [0.3, 0.4) is 0 Å². The first-order chi connectivity index (χ1) is 6.70. The van der Waals surface area contributed by atoms with Crippen molar-refractivity contribution in [2.75, 3.05) is 0 Å². The molecular weight excluding hydrogens is 196 g/mol. The van der Waals surface area contributed by atoms with Gasteiger partial charge in [0.05, 0.1) is 12.5 Å². The third-order valence-corrected chi connectivity index (χ3v) is 3.26. The topological polar surface area (TPSA) is 33.4 Å². The SMILES string of the molecule is Cc1cocc1C(O)c1cscc1C. The van der Waals surface area contributed by atoms with Gasteiger partial charge in [0.1, 0.15) is 6.10 Å². The Labute approximate surface area is 86.8 Å². The predicted octanol–water partition coefficient (Wildman–Crippen LogP) is 3.04. The number of furan rings is 1. The lowest BCUT2D eigenvalue weighted by Gasteiger charge is -2.08. The van der Waals surface area contributed by atoms with Gasteiger partial charge in [-0.05, 0) is 41.3 Å². The van der Waals surface area contributed by atoms with Crippen LogP contribution < -0.4 is 0 Å². The average molecular weight is 208 g/mol. The standard InChI is InChI=1S/C11H12O2S/c1-7-3-13-4-9(7)11(12)10-6-14-5-8(10)2/h3-6,11-12H,1-2H3. The Morgan fingerprint density at radius 2 is 1.93 bits per heavy atom. The second kappa shape index (κ2) is 3.59. The number of hydrogen-bond acceptors (Lipinski definition) is 3. The van der Waals surface area contributed by atoms with Gasteiger partial charge in [-0.3, -0.25) is 0 Å². The lowest BCUT2D eigenvalue weighted by atomic mass is 10.0. The van der Waals surface area contributed by atoms with E-state index in [0.29, 0.717) is 0 Å². The van der Waals surface area contributed by atoms with Crippen molar-refractivity contribution >= 4 is 11.3 Å². The van der Waals surface area contributed by atoms with Crippen LogP contribution in [0.5, 0.6) is 0 Å². The van der Waals surface area contributed by atoms with Gasteiger partial charge in [-0.1, -0.05) is 0 Å². The molecule has 1 atom stereocenters. The molecule has 0 saturated carbocycles. The van der Waals surface area contributed by atoms with Crippen molar-refractivity contribution in [1.82, 2.24) is 0 Å². The number of thiophene rings is 1. The zero-order valence-corrected chi connectivity index (χ0v) is 8.97. The van der Waals surface area contributed by atoms with Crippen molar-refractivity contribution in [3.8, 4) is 0 Å². The number of rotatable bonds is 2. The minimum atomic E-state index is -0.556. The minimum Gasteiger partial charge on any atom is -0.472 e. The zero-order chi connectivity index (χ0) is 10.1. The highest BCUT2D eigenvalue weighted by Gasteiger charge is 2.16. The molecule has 0 radical (unpaired) electrons. The summed E-state index contributed by atoms with van der Waals surface area (Å²) in [5.74, 6) is 0. The summed E-state index contributed by atoms with van der Waals surface area (Å²) in [5, 5.41) is 14.1. The Kier molecular flexibility index (Phi) is 2.44. The molecule has 1 N–H and O–H groups in total. The third-order valence-electron chi connectivity index (χ3n) is 2.38. The number of aryl methyl sites for hydroxylation is 2. The van der Waals surface area contributed by atoms with Gasteiger partial charge in [0, 0.05) is 5.56 Å². The molecule has 0 aliphatic rings. The van der Waals surface area contributed by atoms with E-state index in [0.717, 1.165) is 22.3 Å². The highest BCUT2D eigenvalue weighted by molar-refractivity contribution is 7.08. The van der Waals surface area contributed by atoms with E-state index in [2.05, 4.69) is 0 Å². The minimum absolute atomic E-state index is 0.556. The van der Waals surface area contributed by atoms with Gasteiger partial charge < -0.3 is 9.52 Å². The van der Waals surface area contributed by atoms with Gasteiger partial charge in [-0.25, -0.2) is 0 Å². The van der Waals surface area contributed by atoms with E-state index in [9.17, 15) is 5.11 Å². The molecule has 0 amide bonds. The molecule has 2 aromatic heterocycles. The van der Waals surface area contributed by atoms with E-state index in [1.54, 1.807) is 23.9 Å². The van der Waals surface area contributed by atoms with Crippen molar-refractivity contribution in [3.63, 3.8) is 0 Å². The Morgan fingerprint density at radius 3 is 2.43 bits per heavy atom. The van der Waals surface area contributed by atoms with Crippen LogP contribution in [0.25, 0.3) is 0 Å². The molecule has 0 aromatic carbocycles. The van der Waals surface area contributed by atoms with E-state index in [1.807, 2.05) is 24.6 Å². The molecule has 74 valence electrons. The fourth-order valence-corrected chi connectivity index (χ4v) is 2.34. The van der Waals surface area contributed by atoms with Crippen LogP contribution in [0.4, 0.5) is 0 Å². The largest absolute Gasteiger partial charge is 0.472 e. The molecule has 2 nitrogen and oxygen atoms in total. The Balaban J connectivity index is 2.38. The van der Waals surface area contributed by atoms with Crippen LogP contribution in [0.2, 0.25) is 0 Å². The second-order valence-corrected chi connectivity index (χ2v) is 4.17. The van der Waals surface area contributed by atoms with Gasteiger partial charge >= 0.3 is 0 Å². The summed E-state index contributed by atoms with van der Waals surface area (Å²) in [6.45, 7) is 3.94. The maximum atomic E-state index is 10.1. The Hall–Kier alpha value is -1.06. The summed E-state index contributed by atoms with van der Waals surface area (Å²) < 4.78 is 5.05. The first-order valence-electron chi connectivity index (χ1n) is 4.43. The molecule has 3 heteroatoms. The van der Waals surface area contributed by atoms with Crippen LogP contribution in [0, 0.1) is 13.8 Å². The lowest BCUT2D eigenvalue weighted by Crippen LogP contribution is -1.99. The van der Waals surface area contributed by atoms with Crippen LogP contribution in [-0.4, -0.2) is 5.11 Å². The molecule has 0 spiro atoms. The maximum absolute atomic E-state index is 10.1. The smallest absolute Gasteiger partial charge is 0.108 e. The number of aliphatic hydroxyl groups excluding tert-OH is 1. The summed E-state index contributed by atoms with van der Waals surface area (Å²) in [4.78, 5) is 0. The van der Waals surface area contributed by atoms with Crippen molar-refractivity contribution in [1.29, 1.82) is 0 Å². The monoisotopic (exact) mass is 208 g/mol. The lowest BCUT2D eigenvalue weighted by molar-refractivity contribution is 0.218. The fraction of sp³-hybridized carbons (Fsp3) is 0.273. The normalized spacial score (nSPS) is 13.1. The molecule has 14 heavy (non-hydrogen) atoms. The quantitative estimate of drug-likeness (QED) is 0.823. The molecule has 0 aliphatic carbocycles. The third kappa shape index (κ3) is 1.49. The average Bonchev–Trinajstić information content (AvgIpc) is 2.73. The van der Waals surface area contributed by atoms with Crippen LogP contribution in [-0.2, 0) is 0 Å². The van der Waals surface area contributed by atoms with Gasteiger partial charge in [0.2, 0.25) is 0 Å². The molecular formula is C11H12O2S. The van der Waals surface area contributed by atoms with Crippen LogP contribution >= 0.6 is 11.3 Å². The fourth-order valence-electron chi connectivity index (χ4n) is 1.47. The predicted molar refractivity (Wildman–Crippen MR) is 56.6 cm³/mol. The first-order valence-corrected chi connectivity index (χ1v) is 5.38. The summed E-state index contributed by atoms with van der Waals surface area (Å²) in [6, 6.07) is 0. The van der Waals surface area contributed by atoms with Crippen LogP contribution in [0.15, 0.2) is 27.7 Å². The van der Waals surface area contributed by atoms with Gasteiger partial charge in [0.15, 0.2) is 0 Å². The van der Waals surface area contributed by atoms with Crippen molar-refractivity contribution < 1.29 is 9.52 Å². The highest BCUT2D eigenvalue weighted by Crippen LogP contribution is 2.29. The molecule has 2 rings (SSSR count). The van der Waals surface area contributed by atoms with Gasteiger partial charge in [-0.2, -0.15) is 11.3 Å². The molecule has 1 unspecified atom stereocenters. The Bertz CT molecular complexity index is 388. The molecule has 0 fully saturated rings. The summed E-state index contributed by atoms with van der Waals surface area (Å²) in [5.41, 5.74) is 3.94. The maximum Gasteiger partial charge on any atom is 0.108 e. The van der Waals surface area contributed by atoms with E-state index in [4.69, 9.17) is 4.42 Å². The van der Waals surface area contributed by atoms with Crippen LogP contribution in [0.1, 0.15) is 28.4 Å². The number of aliphatic hydroxyl groups is 1. The van der Waals surface area contributed by atoms with E-state index in [1.165, 1.54) is 0 Å². The van der Waals surface area contributed by atoms with Crippen molar-refractivity contribution in [2.24, 2.45) is 0 Å². The van der Waals surface area contributed by atoms with E-state index in [-0.39, 0.29) is 0 Å².